The van der Waals surface area contributed by atoms with Crippen LogP contribution in [0.2, 0.25) is 0 Å². The van der Waals surface area contributed by atoms with Crippen molar-refractivity contribution < 1.29 is 9.53 Å². The van der Waals surface area contributed by atoms with Gasteiger partial charge in [0, 0.05) is 6.54 Å². The molecule has 24 heavy (non-hydrogen) atoms. The van der Waals surface area contributed by atoms with Gasteiger partial charge in [-0.1, -0.05) is 42.8 Å². The molecule has 4 nitrogen and oxygen atoms in total. The van der Waals surface area contributed by atoms with Crippen LogP contribution in [0.15, 0.2) is 42.5 Å². The minimum absolute atomic E-state index is 0.0355. The highest BCUT2D eigenvalue weighted by atomic mass is 16.5. The Morgan fingerprint density at radius 3 is 2.62 bits per heavy atom. The molecule has 0 aliphatic heterocycles. The Labute approximate surface area is 144 Å². The van der Waals surface area contributed by atoms with Crippen molar-refractivity contribution in [3.05, 3.63) is 59.2 Å². The van der Waals surface area contributed by atoms with Crippen LogP contribution in [0.1, 0.15) is 23.6 Å². The van der Waals surface area contributed by atoms with E-state index in [1.54, 1.807) is 7.11 Å². The van der Waals surface area contributed by atoms with Crippen molar-refractivity contribution in [2.75, 3.05) is 25.5 Å². The Kier molecular flexibility index (Phi) is 6.38. The molecule has 2 aromatic rings. The van der Waals surface area contributed by atoms with E-state index in [0.29, 0.717) is 18.0 Å². The maximum Gasteiger partial charge on any atom is 0.238 e. The molecule has 0 atom stereocenters. The lowest BCUT2D eigenvalue weighted by atomic mass is 10.1. The fraction of sp³-hybridized carbons (Fsp3) is 0.350. The average Bonchev–Trinajstić information content (AvgIpc) is 2.57. The first-order valence-electron chi connectivity index (χ1n) is 8.24. The summed E-state index contributed by atoms with van der Waals surface area (Å²) in [4.78, 5) is 14.5. The number of hydrogen-bond acceptors (Lipinski definition) is 3. The molecule has 0 aromatic heterocycles. The third-order valence-electron chi connectivity index (χ3n) is 4.09. The zero-order chi connectivity index (χ0) is 17.5. The molecular formula is C20H26N2O2. The first-order valence-corrected chi connectivity index (χ1v) is 8.24. The van der Waals surface area contributed by atoms with Crippen LogP contribution in [0.3, 0.4) is 0 Å². The number of ether oxygens (including phenoxy) is 1. The third-order valence-corrected chi connectivity index (χ3v) is 4.09. The summed E-state index contributed by atoms with van der Waals surface area (Å²) in [5.41, 5.74) is 4.46. The van der Waals surface area contributed by atoms with Crippen LogP contribution in [-0.4, -0.2) is 31.0 Å². The Balaban J connectivity index is 2.01. The zero-order valence-corrected chi connectivity index (χ0v) is 14.9. The smallest absolute Gasteiger partial charge is 0.238 e. The minimum Gasteiger partial charge on any atom is -0.495 e. The number of hydrogen-bond donors (Lipinski definition) is 1. The van der Waals surface area contributed by atoms with E-state index < -0.39 is 0 Å². The molecule has 0 bridgehead atoms. The minimum atomic E-state index is -0.0355. The fourth-order valence-electron chi connectivity index (χ4n) is 2.63. The maximum absolute atomic E-state index is 12.4. The van der Waals surface area contributed by atoms with Crippen LogP contribution >= 0.6 is 0 Å². The number of carbonyl (C=O) groups is 1. The molecule has 2 aromatic carbocycles. The molecule has 1 amide bonds. The van der Waals surface area contributed by atoms with Gasteiger partial charge < -0.3 is 10.1 Å². The van der Waals surface area contributed by atoms with Crippen molar-refractivity contribution in [1.82, 2.24) is 4.90 Å². The highest BCUT2D eigenvalue weighted by Gasteiger charge is 2.13. The van der Waals surface area contributed by atoms with Crippen LogP contribution < -0.4 is 10.1 Å². The molecular weight excluding hydrogens is 300 g/mol. The summed E-state index contributed by atoms with van der Waals surface area (Å²) in [7, 11) is 1.60. The monoisotopic (exact) mass is 326 g/mol. The number of carbonyl (C=O) groups excluding carboxylic acids is 1. The van der Waals surface area contributed by atoms with Crippen LogP contribution in [0.4, 0.5) is 5.69 Å². The van der Waals surface area contributed by atoms with E-state index in [1.165, 1.54) is 16.7 Å². The second-order valence-corrected chi connectivity index (χ2v) is 5.98. The summed E-state index contributed by atoms with van der Waals surface area (Å²) in [6.45, 7) is 8.20. The summed E-state index contributed by atoms with van der Waals surface area (Å²) in [6, 6.07) is 13.9. The first kappa shape index (κ1) is 18.0. The molecule has 2 rings (SSSR count). The summed E-state index contributed by atoms with van der Waals surface area (Å²) in [5, 5.41) is 2.93. The van der Waals surface area contributed by atoms with Gasteiger partial charge in [-0.2, -0.15) is 0 Å². The number of benzene rings is 2. The summed E-state index contributed by atoms with van der Waals surface area (Å²) in [6.07, 6.45) is 0. The predicted molar refractivity (Wildman–Crippen MR) is 98.5 cm³/mol. The second-order valence-electron chi connectivity index (χ2n) is 5.98. The van der Waals surface area contributed by atoms with Gasteiger partial charge in [-0.05, 0) is 43.7 Å². The van der Waals surface area contributed by atoms with E-state index in [9.17, 15) is 4.79 Å². The standard InChI is InChI=1S/C20H26N2O2/c1-5-22(13-17-12-15(2)10-11-16(17)3)14-20(23)21-18-8-6-7-9-19(18)24-4/h6-12H,5,13-14H2,1-4H3,(H,21,23). The molecule has 0 heterocycles. The lowest BCUT2D eigenvalue weighted by Gasteiger charge is -2.21. The Morgan fingerprint density at radius 2 is 1.92 bits per heavy atom. The van der Waals surface area contributed by atoms with Crippen molar-refractivity contribution in [3.63, 3.8) is 0 Å². The number of likely N-dealkylation sites (N-methyl/N-ethyl adjacent to an activating group) is 1. The number of anilines is 1. The topological polar surface area (TPSA) is 41.6 Å². The van der Waals surface area contributed by atoms with E-state index in [2.05, 4.69) is 49.2 Å². The number of rotatable bonds is 7. The third kappa shape index (κ3) is 4.83. The summed E-state index contributed by atoms with van der Waals surface area (Å²) < 4.78 is 5.27. The quantitative estimate of drug-likeness (QED) is 0.842. The molecule has 0 unspecified atom stereocenters. The van der Waals surface area contributed by atoms with Gasteiger partial charge in [-0.25, -0.2) is 0 Å². The number of nitrogens with one attached hydrogen (secondary N) is 1. The van der Waals surface area contributed by atoms with Crippen molar-refractivity contribution in [3.8, 4) is 5.75 Å². The second kappa shape index (κ2) is 8.50. The molecule has 4 heteroatoms. The molecule has 0 aliphatic carbocycles. The Bertz CT molecular complexity index is 698. The first-order chi connectivity index (χ1) is 11.5. The van der Waals surface area contributed by atoms with E-state index in [1.807, 2.05) is 24.3 Å². The molecule has 0 saturated carbocycles. The molecule has 0 radical (unpaired) electrons. The van der Waals surface area contributed by atoms with Gasteiger partial charge in [0.1, 0.15) is 5.75 Å². The molecule has 0 aliphatic rings. The molecule has 0 fully saturated rings. The highest BCUT2D eigenvalue weighted by Crippen LogP contribution is 2.23. The Hall–Kier alpha value is -2.33. The SMILES string of the molecule is CCN(CC(=O)Nc1ccccc1OC)Cc1cc(C)ccc1C. The van der Waals surface area contributed by atoms with Gasteiger partial charge >= 0.3 is 0 Å². The van der Waals surface area contributed by atoms with Crippen LogP contribution in [0.5, 0.6) is 5.75 Å². The zero-order valence-electron chi connectivity index (χ0n) is 14.9. The lowest BCUT2D eigenvalue weighted by molar-refractivity contribution is -0.117. The van der Waals surface area contributed by atoms with E-state index in [4.69, 9.17) is 4.74 Å². The summed E-state index contributed by atoms with van der Waals surface area (Å²) in [5.74, 6) is 0.634. The predicted octanol–water partition coefficient (Wildman–Crippen LogP) is 3.77. The molecule has 128 valence electrons. The average molecular weight is 326 g/mol. The maximum atomic E-state index is 12.4. The molecule has 1 N–H and O–H groups in total. The van der Waals surface area contributed by atoms with E-state index in [0.717, 1.165) is 13.1 Å². The summed E-state index contributed by atoms with van der Waals surface area (Å²) >= 11 is 0. The van der Waals surface area contributed by atoms with Gasteiger partial charge in [0.25, 0.3) is 0 Å². The van der Waals surface area contributed by atoms with Gasteiger partial charge in [-0.15, -0.1) is 0 Å². The van der Waals surface area contributed by atoms with Crippen LogP contribution in [-0.2, 0) is 11.3 Å². The normalized spacial score (nSPS) is 10.7. The van der Waals surface area contributed by atoms with Crippen molar-refractivity contribution >= 4 is 11.6 Å². The van der Waals surface area contributed by atoms with Gasteiger partial charge in [0.15, 0.2) is 0 Å². The van der Waals surface area contributed by atoms with Crippen molar-refractivity contribution in [2.24, 2.45) is 0 Å². The van der Waals surface area contributed by atoms with E-state index in [-0.39, 0.29) is 5.91 Å². The number of nitrogens with zero attached hydrogens (tertiary/aromatic N) is 1. The number of para-hydroxylation sites is 2. The van der Waals surface area contributed by atoms with Gasteiger partial charge in [0.2, 0.25) is 5.91 Å². The number of aryl methyl sites for hydroxylation is 2. The largest absolute Gasteiger partial charge is 0.495 e. The van der Waals surface area contributed by atoms with Gasteiger partial charge in [-0.3, -0.25) is 9.69 Å². The fourth-order valence-corrected chi connectivity index (χ4v) is 2.63. The molecule has 0 saturated heterocycles. The van der Waals surface area contributed by atoms with Crippen molar-refractivity contribution in [2.45, 2.75) is 27.3 Å². The highest BCUT2D eigenvalue weighted by molar-refractivity contribution is 5.93. The van der Waals surface area contributed by atoms with Crippen LogP contribution in [0, 0.1) is 13.8 Å². The van der Waals surface area contributed by atoms with E-state index >= 15 is 0 Å². The Morgan fingerprint density at radius 1 is 1.17 bits per heavy atom. The lowest BCUT2D eigenvalue weighted by Crippen LogP contribution is -2.33. The van der Waals surface area contributed by atoms with Crippen LogP contribution in [0.25, 0.3) is 0 Å². The molecule has 0 spiro atoms. The number of methoxy groups -OCH3 is 1. The van der Waals surface area contributed by atoms with Crippen molar-refractivity contribution in [1.29, 1.82) is 0 Å². The number of amides is 1. The van der Waals surface area contributed by atoms with Gasteiger partial charge in [0.05, 0.1) is 19.3 Å².